The average molecular weight is 438 g/mol. The third-order valence-electron chi connectivity index (χ3n) is 5.47. The van der Waals surface area contributed by atoms with Crippen LogP contribution in [-0.4, -0.2) is 61.7 Å². The molecular weight excluding hydrogens is 414 g/mol. The smallest absolute Gasteiger partial charge is 0.235 e. The lowest BCUT2D eigenvalue weighted by atomic mass is 10.2. The molecule has 1 unspecified atom stereocenters. The van der Waals surface area contributed by atoms with Crippen LogP contribution >= 0.6 is 23.1 Å². The molecule has 0 radical (unpaired) electrons. The summed E-state index contributed by atoms with van der Waals surface area (Å²) in [6, 6.07) is 18.7. The zero-order chi connectivity index (χ0) is 20.5. The van der Waals surface area contributed by atoms with E-state index in [2.05, 4.69) is 55.9 Å². The Morgan fingerprint density at radius 1 is 1.03 bits per heavy atom. The first-order valence-corrected chi connectivity index (χ1v) is 11.8. The summed E-state index contributed by atoms with van der Waals surface area (Å²) in [4.78, 5) is 18.3. The van der Waals surface area contributed by atoms with Gasteiger partial charge in [-0.1, -0.05) is 65.6 Å². The minimum atomic E-state index is -0.197. The second kappa shape index (κ2) is 8.37. The largest absolute Gasteiger partial charge is 0.339 e. The Hall–Kier alpha value is -2.42. The van der Waals surface area contributed by atoms with Gasteiger partial charge in [0, 0.05) is 32.7 Å². The number of nitrogens with zero attached hydrogens (tertiary/aromatic N) is 5. The van der Waals surface area contributed by atoms with Crippen molar-refractivity contribution < 1.29 is 4.79 Å². The van der Waals surface area contributed by atoms with Gasteiger partial charge in [-0.3, -0.25) is 14.1 Å². The van der Waals surface area contributed by atoms with Gasteiger partial charge in [0.2, 0.25) is 10.9 Å². The van der Waals surface area contributed by atoms with Gasteiger partial charge in [-0.25, -0.2) is 0 Å². The molecule has 8 heteroatoms. The van der Waals surface area contributed by atoms with Crippen molar-refractivity contribution >= 4 is 44.2 Å². The molecule has 154 valence electrons. The van der Waals surface area contributed by atoms with E-state index < -0.39 is 0 Å². The van der Waals surface area contributed by atoms with Crippen molar-refractivity contribution in [3.05, 3.63) is 60.2 Å². The van der Waals surface area contributed by atoms with Crippen molar-refractivity contribution in [1.82, 2.24) is 24.4 Å². The third-order valence-corrected chi connectivity index (χ3v) is 7.52. The molecule has 2 aromatic heterocycles. The van der Waals surface area contributed by atoms with Crippen LogP contribution in [-0.2, 0) is 11.3 Å². The first-order valence-electron chi connectivity index (χ1n) is 10.1. The second-order valence-corrected chi connectivity index (χ2v) is 9.83. The van der Waals surface area contributed by atoms with Gasteiger partial charge < -0.3 is 4.90 Å². The van der Waals surface area contributed by atoms with Crippen molar-refractivity contribution in [1.29, 1.82) is 0 Å². The number of benzene rings is 2. The van der Waals surface area contributed by atoms with E-state index >= 15 is 0 Å². The number of carbonyl (C=O) groups is 1. The van der Waals surface area contributed by atoms with E-state index in [1.165, 1.54) is 22.0 Å². The Labute approximate surface area is 183 Å². The van der Waals surface area contributed by atoms with Crippen LogP contribution in [0.5, 0.6) is 0 Å². The fourth-order valence-electron chi connectivity index (χ4n) is 3.87. The topological polar surface area (TPSA) is 53.7 Å². The highest BCUT2D eigenvalue weighted by molar-refractivity contribution is 8.00. The summed E-state index contributed by atoms with van der Waals surface area (Å²) in [7, 11) is 0. The maximum atomic E-state index is 13.1. The summed E-state index contributed by atoms with van der Waals surface area (Å²) in [5, 5.41) is 9.23. The molecule has 1 atom stereocenters. The predicted molar refractivity (Wildman–Crippen MR) is 122 cm³/mol. The van der Waals surface area contributed by atoms with Gasteiger partial charge in [0.1, 0.15) is 0 Å². The van der Waals surface area contributed by atoms with E-state index in [4.69, 9.17) is 0 Å². The standard InChI is InChI=1S/C22H23N5OS2/c1-16(29-21-23-24-22-27(21)18-9-5-6-10-19(18)30-22)20(28)26-13-11-25(12-14-26)15-17-7-3-2-4-8-17/h2-10,16H,11-15H2,1H3. The molecule has 1 saturated heterocycles. The Bertz CT molecular complexity index is 1160. The molecule has 1 aliphatic rings. The lowest BCUT2D eigenvalue weighted by Gasteiger charge is -2.35. The van der Waals surface area contributed by atoms with E-state index in [1.807, 2.05) is 30.0 Å². The second-order valence-electron chi connectivity index (χ2n) is 7.52. The first kappa shape index (κ1) is 19.5. The zero-order valence-corrected chi connectivity index (χ0v) is 18.4. The van der Waals surface area contributed by atoms with Crippen LogP contribution in [0.3, 0.4) is 0 Å². The number of thiazole rings is 1. The van der Waals surface area contributed by atoms with Gasteiger partial charge in [-0.15, -0.1) is 10.2 Å². The molecule has 4 aromatic rings. The minimum absolute atomic E-state index is 0.177. The van der Waals surface area contributed by atoms with Crippen LogP contribution in [0.2, 0.25) is 0 Å². The molecule has 2 aromatic carbocycles. The maximum Gasteiger partial charge on any atom is 0.235 e. The monoisotopic (exact) mass is 437 g/mol. The molecule has 1 fully saturated rings. The minimum Gasteiger partial charge on any atom is -0.339 e. The van der Waals surface area contributed by atoms with Crippen molar-refractivity contribution in [3.8, 4) is 0 Å². The lowest BCUT2D eigenvalue weighted by molar-refractivity contribution is -0.132. The maximum absolute atomic E-state index is 13.1. The van der Waals surface area contributed by atoms with E-state index in [1.54, 1.807) is 11.3 Å². The van der Waals surface area contributed by atoms with Gasteiger partial charge >= 0.3 is 0 Å². The van der Waals surface area contributed by atoms with Crippen LogP contribution in [0.15, 0.2) is 59.8 Å². The molecule has 1 aliphatic heterocycles. The summed E-state index contributed by atoms with van der Waals surface area (Å²) in [5.41, 5.74) is 2.42. The number of amides is 1. The molecule has 3 heterocycles. The SMILES string of the molecule is CC(Sc1nnc2sc3ccccc3n12)C(=O)N1CCN(Cc2ccccc2)CC1. The van der Waals surface area contributed by atoms with Crippen LogP contribution in [0, 0.1) is 0 Å². The van der Waals surface area contributed by atoms with Crippen molar-refractivity contribution in [3.63, 3.8) is 0 Å². The highest BCUT2D eigenvalue weighted by atomic mass is 32.2. The summed E-state index contributed by atoms with van der Waals surface area (Å²) in [6.45, 7) is 6.26. The first-order chi connectivity index (χ1) is 14.7. The number of carbonyl (C=O) groups excluding carboxylic acids is 1. The molecule has 30 heavy (non-hydrogen) atoms. The number of hydrogen-bond donors (Lipinski definition) is 0. The highest BCUT2D eigenvalue weighted by Gasteiger charge is 2.27. The number of para-hydroxylation sites is 1. The van der Waals surface area contributed by atoms with E-state index in [0.29, 0.717) is 0 Å². The summed E-state index contributed by atoms with van der Waals surface area (Å²) < 4.78 is 3.24. The normalized spacial score (nSPS) is 16.4. The average Bonchev–Trinajstić information content (AvgIpc) is 3.34. The number of thioether (sulfide) groups is 1. The summed E-state index contributed by atoms with van der Waals surface area (Å²) in [6.07, 6.45) is 0. The van der Waals surface area contributed by atoms with Gasteiger partial charge in [-0.05, 0) is 24.6 Å². The Balaban J connectivity index is 1.22. The van der Waals surface area contributed by atoms with Crippen LogP contribution in [0.25, 0.3) is 15.2 Å². The van der Waals surface area contributed by atoms with Gasteiger partial charge in [0.05, 0.1) is 15.5 Å². The van der Waals surface area contributed by atoms with Gasteiger partial charge in [0.25, 0.3) is 0 Å². The zero-order valence-electron chi connectivity index (χ0n) is 16.8. The number of fused-ring (bicyclic) bond motifs is 3. The van der Waals surface area contributed by atoms with Gasteiger partial charge in [-0.2, -0.15) is 0 Å². The molecule has 0 N–H and O–H groups in total. The molecule has 0 spiro atoms. The molecule has 6 nitrogen and oxygen atoms in total. The number of piperazine rings is 1. The molecule has 0 saturated carbocycles. The molecule has 0 aliphatic carbocycles. The predicted octanol–water partition coefficient (Wildman–Crippen LogP) is 3.77. The third kappa shape index (κ3) is 3.82. The van der Waals surface area contributed by atoms with Crippen LogP contribution in [0.1, 0.15) is 12.5 Å². The summed E-state index contributed by atoms with van der Waals surface area (Å²) >= 11 is 3.12. The fourth-order valence-corrected chi connectivity index (χ4v) is 5.83. The molecule has 5 rings (SSSR count). The fraction of sp³-hybridized carbons (Fsp3) is 0.318. The van der Waals surface area contributed by atoms with Gasteiger partial charge in [0.15, 0.2) is 5.16 Å². The molecular formula is C22H23N5OS2. The number of hydrogen-bond acceptors (Lipinski definition) is 6. The Morgan fingerprint density at radius 3 is 2.57 bits per heavy atom. The highest BCUT2D eigenvalue weighted by Crippen LogP contribution is 2.31. The van der Waals surface area contributed by atoms with Crippen molar-refractivity contribution in [2.75, 3.05) is 26.2 Å². The Kier molecular flexibility index (Phi) is 5.45. The summed E-state index contributed by atoms with van der Waals surface area (Å²) in [5.74, 6) is 0.177. The molecule has 0 bridgehead atoms. The van der Waals surface area contributed by atoms with E-state index in [9.17, 15) is 4.79 Å². The number of rotatable bonds is 5. The quantitative estimate of drug-likeness (QED) is 0.445. The van der Waals surface area contributed by atoms with Crippen molar-refractivity contribution in [2.24, 2.45) is 0 Å². The van der Waals surface area contributed by atoms with E-state index in [-0.39, 0.29) is 11.2 Å². The lowest BCUT2D eigenvalue weighted by Crippen LogP contribution is -2.50. The number of aromatic nitrogens is 3. The van der Waals surface area contributed by atoms with E-state index in [0.717, 1.165) is 48.4 Å². The Morgan fingerprint density at radius 2 is 1.77 bits per heavy atom. The van der Waals surface area contributed by atoms with Crippen molar-refractivity contribution in [2.45, 2.75) is 23.9 Å². The van der Waals surface area contributed by atoms with Crippen LogP contribution < -0.4 is 0 Å². The molecule has 1 amide bonds. The van der Waals surface area contributed by atoms with Crippen LogP contribution in [0.4, 0.5) is 0 Å².